The maximum absolute atomic E-state index is 13.0. The molecular formula is C20H20BrNO3. The van der Waals surface area contributed by atoms with Crippen LogP contribution in [0.25, 0.3) is 0 Å². The van der Waals surface area contributed by atoms with Crippen LogP contribution in [-0.2, 0) is 9.53 Å². The first-order valence-electron chi connectivity index (χ1n) is 8.24. The molecule has 3 rings (SSSR count). The van der Waals surface area contributed by atoms with Gasteiger partial charge >= 0.3 is 6.09 Å². The van der Waals surface area contributed by atoms with Crippen LogP contribution in [0.1, 0.15) is 35.6 Å². The maximum atomic E-state index is 13.0. The van der Waals surface area contributed by atoms with Crippen LogP contribution in [0.15, 0.2) is 54.6 Å². The number of ether oxygens (including phenoxy) is 1. The fourth-order valence-electron chi connectivity index (χ4n) is 2.97. The summed E-state index contributed by atoms with van der Waals surface area (Å²) in [5.41, 5.74) is 3.11. The number of nitrogens with zero attached hydrogens (tertiary/aromatic N) is 1. The molecule has 25 heavy (non-hydrogen) atoms. The van der Waals surface area contributed by atoms with Crippen molar-refractivity contribution in [3.63, 3.8) is 0 Å². The summed E-state index contributed by atoms with van der Waals surface area (Å²) in [5, 5.41) is 0. The van der Waals surface area contributed by atoms with E-state index in [9.17, 15) is 9.59 Å². The number of carbonyl (C=O) groups excluding carboxylic acids is 2. The topological polar surface area (TPSA) is 46.6 Å². The first kappa shape index (κ1) is 17.7. The highest BCUT2D eigenvalue weighted by molar-refractivity contribution is 9.10. The molecule has 1 saturated heterocycles. The molecule has 0 bridgehead atoms. The fourth-order valence-corrected chi connectivity index (χ4v) is 3.50. The number of hydrogen-bond donors (Lipinski definition) is 0. The highest BCUT2D eigenvalue weighted by Gasteiger charge is 2.42. The quantitative estimate of drug-likeness (QED) is 0.704. The van der Waals surface area contributed by atoms with Crippen molar-refractivity contribution < 1.29 is 14.3 Å². The van der Waals surface area contributed by atoms with Crippen molar-refractivity contribution in [2.45, 2.75) is 30.6 Å². The lowest BCUT2D eigenvalue weighted by Crippen LogP contribution is -2.40. The standard InChI is InChI=1S/C20H20BrNO3/c1-13-8-10-15(11-9-13)14(2)18(21)19(23)22-17(12-25-20(22)24)16-6-4-3-5-7-16/h3-11,14,17-18H,12H2,1-2H3/t14-,17+,18-/m1/s1. The Bertz CT molecular complexity index is 760. The molecule has 0 aliphatic carbocycles. The van der Waals surface area contributed by atoms with Crippen molar-refractivity contribution in [3.05, 3.63) is 71.3 Å². The van der Waals surface area contributed by atoms with Gasteiger partial charge < -0.3 is 4.74 Å². The van der Waals surface area contributed by atoms with E-state index in [0.29, 0.717) is 0 Å². The second-order valence-electron chi connectivity index (χ2n) is 6.31. The number of benzene rings is 2. The number of rotatable bonds is 4. The van der Waals surface area contributed by atoms with Crippen LogP contribution in [0.4, 0.5) is 4.79 Å². The summed E-state index contributed by atoms with van der Waals surface area (Å²) in [6, 6.07) is 17.2. The second kappa shape index (κ2) is 7.40. The molecular weight excluding hydrogens is 382 g/mol. The molecule has 1 aliphatic rings. The predicted molar refractivity (Wildman–Crippen MR) is 99.7 cm³/mol. The summed E-state index contributed by atoms with van der Waals surface area (Å²) in [4.78, 5) is 25.9. The first-order chi connectivity index (χ1) is 12.0. The Morgan fingerprint density at radius 3 is 2.44 bits per heavy atom. The van der Waals surface area contributed by atoms with Gasteiger partial charge in [-0.15, -0.1) is 0 Å². The zero-order valence-corrected chi connectivity index (χ0v) is 15.8. The Labute approximate surface area is 155 Å². The Morgan fingerprint density at radius 2 is 1.80 bits per heavy atom. The molecule has 0 N–H and O–H groups in total. The minimum absolute atomic E-state index is 0.0714. The lowest BCUT2D eigenvalue weighted by Gasteiger charge is -2.25. The Kier molecular flexibility index (Phi) is 5.23. The van der Waals surface area contributed by atoms with Gasteiger partial charge in [0.2, 0.25) is 5.91 Å². The molecule has 0 saturated carbocycles. The van der Waals surface area contributed by atoms with Gasteiger partial charge in [-0.25, -0.2) is 9.69 Å². The SMILES string of the molecule is Cc1ccc([C@@H](C)[C@@H](Br)C(=O)N2C(=O)OC[C@H]2c2ccccc2)cc1. The first-order valence-corrected chi connectivity index (χ1v) is 9.16. The van der Waals surface area contributed by atoms with E-state index >= 15 is 0 Å². The number of imide groups is 1. The van der Waals surface area contributed by atoms with Gasteiger partial charge in [0.25, 0.3) is 0 Å². The van der Waals surface area contributed by atoms with Crippen molar-refractivity contribution in [2.75, 3.05) is 6.61 Å². The average Bonchev–Trinajstić information content (AvgIpc) is 3.02. The van der Waals surface area contributed by atoms with Gasteiger partial charge in [-0.2, -0.15) is 0 Å². The van der Waals surface area contributed by atoms with E-state index in [1.807, 2.05) is 68.4 Å². The number of halogens is 1. The van der Waals surface area contributed by atoms with E-state index in [4.69, 9.17) is 4.74 Å². The molecule has 0 unspecified atom stereocenters. The smallest absolute Gasteiger partial charge is 0.417 e. The molecule has 1 fully saturated rings. The number of carbonyl (C=O) groups is 2. The lowest BCUT2D eigenvalue weighted by atomic mass is 9.95. The number of aryl methyl sites for hydroxylation is 1. The van der Waals surface area contributed by atoms with Crippen LogP contribution in [0.5, 0.6) is 0 Å². The van der Waals surface area contributed by atoms with E-state index in [1.165, 1.54) is 10.5 Å². The minimum Gasteiger partial charge on any atom is -0.446 e. The van der Waals surface area contributed by atoms with E-state index in [0.717, 1.165) is 11.1 Å². The molecule has 0 aromatic heterocycles. The van der Waals surface area contributed by atoms with Crippen LogP contribution < -0.4 is 0 Å². The van der Waals surface area contributed by atoms with Crippen LogP contribution >= 0.6 is 15.9 Å². The monoisotopic (exact) mass is 401 g/mol. The van der Waals surface area contributed by atoms with E-state index < -0.39 is 10.9 Å². The van der Waals surface area contributed by atoms with Crippen molar-refractivity contribution in [2.24, 2.45) is 0 Å². The average molecular weight is 402 g/mol. The zero-order chi connectivity index (χ0) is 18.0. The molecule has 0 spiro atoms. The number of cyclic esters (lactones) is 1. The molecule has 130 valence electrons. The molecule has 3 atom stereocenters. The lowest BCUT2D eigenvalue weighted by molar-refractivity contribution is -0.128. The highest BCUT2D eigenvalue weighted by Crippen LogP contribution is 2.33. The molecule has 1 aliphatic heterocycles. The molecule has 2 amide bonds. The molecule has 1 heterocycles. The third-order valence-corrected chi connectivity index (χ3v) is 5.76. The third-order valence-electron chi connectivity index (χ3n) is 4.57. The normalized spacial score (nSPS) is 19.4. The van der Waals surface area contributed by atoms with Crippen molar-refractivity contribution >= 4 is 27.9 Å². The molecule has 4 nitrogen and oxygen atoms in total. The van der Waals surface area contributed by atoms with E-state index in [-0.39, 0.29) is 24.5 Å². The van der Waals surface area contributed by atoms with Gasteiger partial charge in [-0.05, 0) is 18.1 Å². The van der Waals surface area contributed by atoms with Gasteiger partial charge in [-0.1, -0.05) is 83.0 Å². The minimum atomic E-state index is -0.584. The fraction of sp³-hybridized carbons (Fsp3) is 0.300. The Hall–Kier alpha value is -2.14. The molecule has 2 aromatic rings. The second-order valence-corrected chi connectivity index (χ2v) is 7.30. The van der Waals surface area contributed by atoms with Crippen molar-refractivity contribution in [1.29, 1.82) is 0 Å². The van der Waals surface area contributed by atoms with Gasteiger partial charge in [0.15, 0.2) is 0 Å². The number of amides is 2. The number of alkyl halides is 1. The third kappa shape index (κ3) is 3.61. The summed E-state index contributed by atoms with van der Waals surface area (Å²) in [6.45, 7) is 4.18. The molecule has 0 radical (unpaired) electrons. The highest BCUT2D eigenvalue weighted by atomic mass is 79.9. The Balaban J connectivity index is 1.82. The van der Waals surface area contributed by atoms with Crippen LogP contribution in [0.3, 0.4) is 0 Å². The van der Waals surface area contributed by atoms with Gasteiger partial charge in [-0.3, -0.25) is 4.79 Å². The van der Waals surface area contributed by atoms with Crippen molar-refractivity contribution in [3.8, 4) is 0 Å². The van der Waals surface area contributed by atoms with Crippen LogP contribution in [0.2, 0.25) is 0 Å². The van der Waals surface area contributed by atoms with E-state index in [1.54, 1.807) is 0 Å². The number of hydrogen-bond acceptors (Lipinski definition) is 3. The zero-order valence-electron chi connectivity index (χ0n) is 14.2. The summed E-state index contributed by atoms with van der Waals surface area (Å²) in [5.74, 6) is -0.345. The van der Waals surface area contributed by atoms with Crippen molar-refractivity contribution in [1.82, 2.24) is 4.90 Å². The summed E-state index contributed by atoms with van der Waals surface area (Å²) in [7, 11) is 0. The van der Waals surface area contributed by atoms with Crippen LogP contribution in [0, 0.1) is 6.92 Å². The molecule has 2 aromatic carbocycles. The largest absolute Gasteiger partial charge is 0.446 e. The van der Waals surface area contributed by atoms with Gasteiger partial charge in [0, 0.05) is 5.92 Å². The maximum Gasteiger partial charge on any atom is 0.417 e. The van der Waals surface area contributed by atoms with Gasteiger partial charge in [0.05, 0.1) is 0 Å². The summed E-state index contributed by atoms with van der Waals surface area (Å²) < 4.78 is 5.15. The summed E-state index contributed by atoms with van der Waals surface area (Å²) >= 11 is 3.50. The Morgan fingerprint density at radius 1 is 1.16 bits per heavy atom. The molecule has 5 heteroatoms. The van der Waals surface area contributed by atoms with E-state index in [2.05, 4.69) is 15.9 Å². The predicted octanol–water partition coefficient (Wildman–Crippen LogP) is 4.58. The summed E-state index contributed by atoms with van der Waals surface area (Å²) in [6.07, 6.45) is -0.584. The van der Waals surface area contributed by atoms with Crippen LogP contribution in [-0.4, -0.2) is 28.3 Å². The van der Waals surface area contributed by atoms with Gasteiger partial charge in [0.1, 0.15) is 17.5 Å².